The Bertz CT molecular complexity index is 913. The van der Waals surface area contributed by atoms with Crippen LogP contribution < -0.4 is 9.80 Å². The van der Waals surface area contributed by atoms with E-state index in [1.807, 2.05) is 30.3 Å². The number of hydrogen-bond donors (Lipinski definition) is 0. The molecule has 4 rings (SSSR count). The number of nitrogens with zero attached hydrogens (tertiary/aromatic N) is 4. The fourth-order valence-electron chi connectivity index (χ4n) is 4.92. The maximum atomic E-state index is 12.6. The summed E-state index contributed by atoms with van der Waals surface area (Å²) in [5, 5.41) is 0. The molecule has 2 aromatic heterocycles. The van der Waals surface area contributed by atoms with Crippen molar-refractivity contribution < 1.29 is 9.59 Å². The lowest BCUT2D eigenvalue weighted by Gasteiger charge is -2.44. The minimum absolute atomic E-state index is 0.0761. The smallest absolute Gasteiger partial charge is 0.152 e. The Morgan fingerprint density at radius 2 is 1.96 bits per heavy atom. The van der Waals surface area contributed by atoms with Crippen molar-refractivity contribution in [1.29, 1.82) is 0 Å². The summed E-state index contributed by atoms with van der Waals surface area (Å²) in [6.07, 6.45) is 7.89. The molecule has 28 heavy (non-hydrogen) atoms. The van der Waals surface area contributed by atoms with Crippen LogP contribution in [0.3, 0.4) is 0 Å². The summed E-state index contributed by atoms with van der Waals surface area (Å²) in [7, 11) is 1.94. The Morgan fingerprint density at radius 3 is 2.71 bits per heavy atom. The van der Waals surface area contributed by atoms with Crippen LogP contribution in [0.5, 0.6) is 0 Å². The highest BCUT2D eigenvalue weighted by molar-refractivity contribution is 5.87. The Balaban J connectivity index is 1.71. The van der Waals surface area contributed by atoms with Gasteiger partial charge in [0, 0.05) is 31.9 Å². The van der Waals surface area contributed by atoms with E-state index in [0.29, 0.717) is 6.54 Å². The predicted molar refractivity (Wildman–Crippen MR) is 109 cm³/mol. The predicted octanol–water partition coefficient (Wildman–Crippen LogP) is 2.45. The fourth-order valence-corrected chi connectivity index (χ4v) is 4.92. The first-order valence-corrected chi connectivity index (χ1v) is 9.84. The number of fused-ring (bicyclic) bond motifs is 2. The second kappa shape index (κ2) is 7.34. The number of carbonyl (C=O) groups excluding carboxylic acids is 2. The molecule has 4 heterocycles. The van der Waals surface area contributed by atoms with Crippen LogP contribution in [0.15, 0.2) is 36.8 Å². The van der Waals surface area contributed by atoms with Gasteiger partial charge in [0.25, 0.3) is 0 Å². The summed E-state index contributed by atoms with van der Waals surface area (Å²) in [5.41, 5.74) is 3.39. The fraction of sp³-hybridized carbons (Fsp3) is 0.455. The molecule has 3 atom stereocenters. The lowest BCUT2D eigenvalue weighted by atomic mass is 9.83. The van der Waals surface area contributed by atoms with Crippen LogP contribution in [0.4, 0.5) is 11.5 Å². The molecule has 0 saturated carbocycles. The average molecular weight is 378 g/mol. The van der Waals surface area contributed by atoms with Gasteiger partial charge in [-0.25, -0.2) is 4.98 Å². The van der Waals surface area contributed by atoms with Gasteiger partial charge in [0.1, 0.15) is 5.82 Å². The van der Waals surface area contributed by atoms with Gasteiger partial charge in [-0.1, -0.05) is 6.07 Å². The SMILES string of the molecule is CC(=O)C1C(CN2c3cnccc3CCC2C(C)=O)Cc2cccnc2N1C. The van der Waals surface area contributed by atoms with Gasteiger partial charge in [-0.15, -0.1) is 0 Å². The molecule has 0 aliphatic carbocycles. The highest BCUT2D eigenvalue weighted by atomic mass is 16.1. The van der Waals surface area contributed by atoms with Gasteiger partial charge >= 0.3 is 0 Å². The number of pyridine rings is 2. The number of rotatable bonds is 4. The van der Waals surface area contributed by atoms with Crippen molar-refractivity contribution in [2.24, 2.45) is 5.92 Å². The third-order valence-corrected chi connectivity index (χ3v) is 6.12. The molecule has 0 bridgehead atoms. The van der Waals surface area contributed by atoms with Crippen LogP contribution in [-0.4, -0.2) is 47.2 Å². The van der Waals surface area contributed by atoms with Gasteiger partial charge in [0.2, 0.25) is 0 Å². The summed E-state index contributed by atoms with van der Waals surface area (Å²) >= 11 is 0. The van der Waals surface area contributed by atoms with Crippen LogP contribution in [-0.2, 0) is 22.4 Å². The van der Waals surface area contributed by atoms with Crippen molar-refractivity contribution in [2.45, 2.75) is 45.2 Å². The van der Waals surface area contributed by atoms with Gasteiger partial charge in [0.15, 0.2) is 11.6 Å². The van der Waals surface area contributed by atoms with Crippen molar-refractivity contribution in [3.05, 3.63) is 47.9 Å². The number of aryl methyl sites for hydroxylation is 1. The molecule has 0 N–H and O–H groups in total. The van der Waals surface area contributed by atoms with Crippen LogP contribution in [0, 0.1) is 5.92 Å². The maximum Gasteiger partial charge on any atom is 0.152 e. The number of ketones is 2. The molecular weight excluding hydrogens is 352 g/mol. The van der Waals surface area contributed by atoms with Crippen molar-refractivity contribution in [1.82, 2.24) is 9.97 Å². The molecule has 0 aromatic carbocycles. The standard InChI is InChI=1S/C22H26N4O2/c1-14(27)19-7-6-16-8-10-23-12-20(16)26(19)13-18-11-17-5-4-9-24-22(17)25(3)21(18)15(2)28/h4-5,8-10,12,18-19,21H,6-7,11,13H2,1-3H3. The first-order valence-electron chi connectivity index (χ1n) is 9.84. The second-order valence-electron chi connectivity index (χ2n) is 7.94. The van der Waals surface area contributed by atoms with Gasteiger partial charge in [-0.3, -0.25) is 14.6 Å². The van der Waals surface area contributed by atoms with Crippen LogP contribution in [0.25, 0.3) is 0 Å². The quantitative estimate of drug-likeness (QED) is 0.814. The maximum absolute atomic E-state index is 12.6. The molecule has 0 spiro atoms. The normalized spacial score (nSPS) is 23.8. The van der Waals surface area contributed by atoms with E-state index < -0.39 is 0 Å². The van der Waals surface area contributed by atoms with Crippen LogP contribution in [0.2, 0.25) is 0 Å². The molecule has 2 aliphatic heterocycles. The van der Waals surface area contributed by atoms with Gasteiger partial charge in [-0.2, -0.15) is 0 Å². The number of hydrogen-bond acceptors (Lipinski definition) is 6. The molecule has 146 valence electrons. The van der Waals surface area contributed by atoms with Gasteiger partial charge < -0.3 is 9.80 Å². The topological polar surface area (TPSA) is 66.4 Å². The summed E-state index contributed by atoms with van der Waals surface area (Å²) < 4.78 is 0. The van der Waals surface area contributed by atoms with E-state index in [0.717, 1.165) is 36.3 Å². The van der Waals surface area contributed by atoms with E-state index in [1.165, 1.54) is 5.56 Å². The highest BCUT2D eigenvalue weighted by Crippen LogP contribution is 2.36. The van der Waals surface area contributed by atoms with Crippen LogP contribution >= 0.6 is 0 Å². The lowest BCUT2D eigenvalue weighted by molar-refractivity contribution is -0.119. The largest absolute Gasteiger partial charge is 0.360 e. The van der Waals surface area contributed by atoms with E-state index in [2.05, 4.69) is 20.9 Å². The number of aromatic nitrogens is 2. The van der Waals surface area contributed by atoms with Gasteiger partial charge in [-0.05, 0) is 56.4 Å². The van der Waals surface area contributed by atoms with Crippen molar-refractivity contribution in [3.63, 3.8) is 0 Å². The Kier molecular flexibility index (Phi) is 4.87. The average Bonchev–Trinajstić information content (AvgIpc) is 2.68. The van der Waals surface area contributed by atoms with E-state index in [-0.39, 0.29) is 29.6 Å². The molecule has 0 amide bonds. The Labute approximate surface area is 165 Å². The summed E-state index contributed by atoms with van der Waals surface area (Å²) in [6.45, 7) is 3.95. The van der Waals surface area contributed by atoms with E-state index in [1.54, 1.807) is 26.2 Å². The summed E-state index contributed by atoms with van der Waals surface area (Å²) in [6, 6.07) is 5.64. The number of carbonyl (C=O) groups is 2. The molecule has 0 fully saturated rings. The number of anilines is 2. The first-order chi connectivity index (χ1) is 13.5. The van der Waals surface area contributed by atoms with E-state index in [4.69, 9.17) is 0 Å². The Morgan fingerprint density at radius 1 is 1.14 bits per heavy atom. The molecule has 0 saturated heterocycles. The zero-order chi connectivity index (χ0) is 19.8. The van der Waals surface area contributed by atoms with Crippen molar-refractivity contribution in [2.75, 3.05) is 23.4 Å². The second-order valence-corrected chi connectivity index (χ2v) is 7.94. The van der Waals surface area contributed by atoms with E-state index >= 15 is 0 Å². The number of likely N-dealkylation sites (N-methyl/N-ethyl adjacent to an activating group) is 1. The third kappa shape index (κ3) is 3.17. The Hall–Kier alpha value is -2.76. The zero-order valence-corrected chi connectivity index (χ0v) is 16.6. The first kappa shape index (κ1) is 18.6. The monoisotopic (exact) mass is 378 g/mol. The molecule has 2 aromatic rings. The number of Topliss-reactive ketones (excluding diaryl/α,β-unsaturated/α-hetero) is 2. The lowest BCUT2D eigenvalue weighted by Crippen LogP contribution is -2.54. The summed E-state index contributed by atoms with van der Waals surface area (Å²) in [5.74, 6) is 1.25. The third-order valence-electron chi connectivity index (χ3n) is 6.12. The van der Waals surface area contributed by atoms with Crippen LogP contribution in [0.1, 0.15) is 31.4 Å². The van der Waals surface area contributed by atoms with Crippen molar-refractivity contribution in [3.8, 4) is 0 Å². The minimum atomic E-state index is -0.253. The minimum Gasteiger partial charge on any atom is -0.360 e. The van der Waals surface area contributed by atoms with Gasteiger partial charge in [0.05, 0.1) is 24.0 Å². The molecule has 2 aliphatic rings. The molecule has 3 unspecified atom stereocenters. The summed E-state index contributed by atoms with van der Waals surface area (Å²) in [4.78, 5) is 37.9. The molecule has 6 heteroatoms. The van der Waals surface area contributed by atoms with E-state index in [9.17, 15) is 9.59 Å². The zero-order valence-electron chi connectivity index (χ0n) is 16.6. The van der Waals surface area contributed by atoms with Crippen molar-refractivity contribution >= 4 is 23.1 Å². The molecular formula is C22H26N4O2. The highest BCUT2D eigenvalue weighted by Gasteiger charge is 2.39. The molecule has 0 radical (unpaired) electrons. The molecule has 6 nitrogen and oxygen atoms in total.